The summed E-state index contributed by atoms with van der Waals surface area (Å²) in [5.41, 5.74) is -1.22. The number of nitrogens with zero attached hydrogens (tertiary/aromatic N) is 1. The molecule has 0 bridgehead atoms. The highest BCUT2D eigenvalue weighted by molar-refractivity contribution is 6.74. The predicted molar refractivity (Wildman–Crippen MR) is 110 cm³/mol. The first-order chi connectivity index (χ1) is 11.4. The normalized spacial score (nSPS) is 30.9. The van der Waals surface area contributed by atoms with Crippen molar-refractivity contribution in [3.63, 3.8) is 0 Å². The Balaban J connectivity index is 2.40. The molecule has 0 aliphatic carbocycles. The van der Waals surface area contributed by atoms with Gasteiger partial charge in [0.25, 0.3) is 5.91 Å². The second kappa shape index (κ2) is 6.41. The maximum Gasteiger partial charge on any atom is 0.255 e. The Kier molecular flexibility index (Phi) is 5.44. The second-order valence-corrected chi connectivity index (χ2v) is 20.6. The van der Waals surface area contributed by atoms with E-state index in [9.17, 15) is 9.90 Å². The molecular weight excluding hydrogens is 362 g/mol. The van der Waals surface area contributed by atoms with E-state index in [0.29, 0.717) is 13.0 Å². The van der Waals surface area contributed by atoms with Crippen LogP contribution >= 0.6 is 0 Å². The van der Waals surface area contributed by atoms with Crippen LogP contribution in [0.3, 0.4) is 0 Å². The van der Waals surface area contributed by atoms with Crippen molar-refractivity contribution >= 4 is 22.5 Å². The maximum atomic E-state index is 13.1. The van der Waals surface area contributed by atoms with Crippen molar-refractivity contribution in [2.45, 2.75) is 109 Å². The number of fused-ring (bicyclic) bond motifs is 1. The molecule has 152 valence electrons. The van der Waals surface area contributed by atoms with Gasteiger partial charge in [-0.15, -0.1) is 0 Å². The molecular formula is C19H39NO4Si2. The molecule has 5 nitrogen and oxygen atoms in total. The molecule has 1 amide bonds. The van der Waals surface area contributed by atoms with Gasteiger partial charge in [-0.05, 0) is 49.1 Å². The minimum absolute atomic E-state index is 0.0000442. The zero-order valence-corrected chi connectivity index (χ0v) is 20.4. The van der Waals surface area contributed by atoms with Crippen molar-refractivity contribution in [3.8, 4) is 0 Å². The van der Waals surface area contributed by atoms with Crippen LogP contribution in [0.25, 0.3) is 0 Å². The molecule has 2 rings (SSSR count). The average molecular weight is 402 g/mol. The highest BCUT2D eigenvalue weighted by atomic mass is 28.4. The second-order valence-electron chi connectivity index (χ2n) is 11.1. The molecule has 7 heteroatoms. The summed E-state index contributed by atoms with van der Waals surface area (Å²) in [7, 11) is -4.35. The molecule has 2 aliphatic rings. The fraction of sp³-hybridized carbons (Fsp3) is 0.947. The van der Waals surface area contributed by atoms with Gasteiger partial charge in [0.1, 0.15) is 6.10 Å². The average Bonchev–Trinajstić information content (AvgIpc) is 2.88. The SMILES string of the molecule is CC(C)(C)[Si](C)(C)O[C@@H]1[C@@H](O[Si](C)(C)C(C)(C)C)C(=O)N2CCC[C@@]12O. The molecule has 26 heavy (non-hydrogen) atoms. The van der Waals surface area contributed by atoms with E-state index >= 15 is 0 Å². The van der Waals surface area contributed by atoms with Gasteiger partial charge >= 0.3 is 0 Å². The molecule has 0 spiro atoms. The van der Waals surface area contributed by atoms with E-state index in [4.69, 9.17) is 8.85 Å². The monoisotopic (exact) mass is 401 g/mol. The van der Waals surface area contributed by atoms with Crippen molar-refractivity contribution in [2.75, 3.05) is 6.54 Å². The molecule has 2 saturated heterocycles. The van der Waals surface area contributed by atoms with E-state index in [-0.39, 0.29) is 16.0 Å². The molecule has 1 N–H and O–H groups in total. The molecule has 0 aromatic carbocycles. The Hall–Kier alpha value is -0.216. The number of amides is 1. The van der Waals surface area contributed by atoms with Crippen LogP contribution in [0.4, 0.5) is 0 Å². The lowest BCUT2D eigenvalue weighted by molar-refractivity contribution is -0.146. The van der Waals surface area contributed by atoms with Crippen LogP contribution in [0.15, 0.2) is 0 Å². The quantitative estimate of drug-likeness (QED) is 0.721. The Labute approximate surface area is 161 Å². The molecule has 0 aromatic rings. The van der Waals surface area contributed by atoms with Crippen LogP contribution in [0, 0.1) is 0 Å². The zero-order valence-electron chi connectivity index (χ0n) is 18.4. The van der Waals surface area contributed by atoms with Crippen molar-refractivity contribution in [1.82, 2.24) is 4.90 Å². The predicted octanol–water partition coefficient (Wildman–Crippen LogP) is 4.09. The van der Waals surface area contributed by atoms with E-state index in [1.165, 1.54) is 0 Å². The topological polar surface area (TPSA) is 59.0 Å². The summed E-state index contributed by atoms with van der Waals surface area (Å²) in [6.45, 7) is 22.2. The Morgan fingerprint density at radius 3 is 1.92 bits per heavy atom. The summed E-state index contributed by atoms with van der Waals surface area (Å²) >= 11 is 0. The van der Waals surface area contributed by atoms with Gasteiger partial charge in [-0.2, -0.15) is 0 Å². The van der Waals surface area contributed by atoms with E-state index in [0.717, 1.165) is 6.42 Å². The maximum absolute atomic E-state index is 13.1. The van der Waals surface area contributed by atoms with Crippen LogP contribution in [-0.2, 0) is 13.6 Å². The van der Waals surface area contributed by atoms with E-state index in [1.807, 2.05) is 0 Å². The standard InChI is InChI=1S/C19H39NO4Si2/c1-17(2,3)25(7,8)23-14-15(24-26(9,10)18(4,5)6)19(22)12-11-13-20(19)16(14)21/h14-15,22H,11-13H2,1-10H3/t14-,15-,19-/m1/s1. The van der Waals surface area contributed by atoms with Crippen molar-refractivity contribution in [3.05, 3.63) is 0 Å². The molecule has 2 aliphatic heterocycles. The summed E-state index contributed by atoms with van der Waals surface area (Å²) in [6.07, 6.45) is 0.0739. The highest BCUT2D eigenvalue weighted by Gasteiger charge is 2.64. The first-order valence-corrected chi connectivity index (χ1v) is 15.7. The van der Waals surface area contributed by atoms with Crippen molar-refractivity contribution < 1.29 is 18.8 Å². The van der Waals surface area contributed by atoms with Crippen LogP contribution in [0.5, 0.6) is 0 Å². The molecule has 0 unspecified atom stereocenters. The van der Waals surface area contributed by atoms with E-state index in [1.54, 1.807) is 4.90 Å². The zero-order chi connectivity index (χ0) is 20.3. The fourth-order valence-electron chi connectivity index (χ4n) is 3.21. The lowest BCUT2D eigenvalue weighted by Crippen LogP contribution is -2.57. The van der Waals surface area contributed by atoms with Crippen LogP contribution in [0.1, 0.15) is 54.4 Å². The summed E-state index contributed by atoms with van der Waals surface area (Å²) in [4.78, 5) is 14.8. The lowest BCUT2D eigenvalue weighted by atomic mass is 10.0. The molecule has 2 heterocycles. The van der Waals surface area contributed by atoms with Crippen molar-refractivity contribution in [2.24, 2.45) is 0 Å². The fourth-order valence-corrected chi connectivity index (χ4v) is 5.72. The van der Waals surface area contributed by atoms with Gasteiger partial charge in [0.15, 0.2) is 28.5 Å². The lowest BCUT2D eigenvalue weighted by Gasteiger charge is -2.44. The van der Waals surface area contributed by atoms with E-state index < -0.39 is 34.6 Å². The smallest absolute Gasteiger partial charge is 0.255 e. The van der Waals surface area contributed by atoms with Gasteiger partial charge in [-0.3, -0.25) is 4.79 Å². The number of aliphatic hydroxyl groups is 1. The molecule has 0 radical (unpaired) electrons. The number of hydrogen-bond acceptors (Lipinski definition) is 4. The summed E-state index contributed by atoms with van der Waals surface area (Å²) in [6, 6.07) is 0. The largest absolute Gasteiger partial charge is 0.406 e. The minimum atomic E-state index is -2.18. The third-order valence-corrected chi connectivity index (χ3v) is 16.0. The summed E-state index contributed by atoms with van der Waals surface area (Å²) in [5.74, 6) is -0.0986. The number of carbonyl (C=O) groups excluding carboxylic acids is 1. The third kappa shape index (κ3) is 3.57. The molecule has 0 saturated carbocycles. The van der Waals surface area contributed by atoms with Crippen LogP contribution in [-0.4, -0.2) is 57.0 Å². The summed E-state index contributed by atoms with van der Waals surface area (Å²) in [5, 5.41) is 11.4. The Morgan fingerprint density at radius 1 is 1.00 bits per heavy atom. The molecule has 0 aromatic heterocycles. The van der Waals surface area contributed by atoms with Gasteiger partial charge in [0, 0.05) is 6.54 Å². The summed E-state index contributed by atoms with van der Waals surface area (Å²) < 4.78 is 13.2. The first kappa shape index (κ1) is 22.1. The van der Waals surface area contributed by atoms with Gasteiger partial charge in [0.2, 0.25) is 0 Å². The van der Waals surface area contributed by atoms with Gasteiger partial charge in [-0.25, -0.2) is 0 Å². The number of hydrogen-bond donors (Lipinski definition) is 1. The van der Waals surface area contributed by atoms with Crippen molar-refractivity contribution in [1.29, 1.82) is 0 Å². The Bertz CT molecular complexity index is 565. The Morgan fingerprint density at radius 2 is 1.46 bits per heavy atom. The van der Waals surface area contributed by atoms with Crippen LogP contribution < -0.4 is 0 Å². The third-order valence-electron chi connectivity index (χ3n) is 7.09. The van der Waals surface area contributed by atoms with Gasteiger partial charge in [-0.1, -0.05) is 41.5 Å². The minimum Gasteiger partial charge on any atom is -0.406 e. The van der Waals surface area contributed by atoms with Gasteiger partial charge < -0.3 is 18.9 Å². The highest BCUT2D eigenvalue weighted by Crippen LogP contribution is 2.47. The van der Waals surface area contributed by atoms with Crippen LogP contribution in [0.2, 0.25) is 36.3 Å². The molecule has 2 fully saturated rings. The van der Waals surface area contributed by atoms with Gasteiger partial charge in [0.05, 0.1) is 0 Å². The number of carbonyl (C=O) groups is 1. The first-order valence-electron chi connectivity index (χ1n) is 9.84. The molecule has 3 atom stereocenters. The van der Waals surface area contributed by atoms with E-state index in [2.05, 4.69) is 67.7 Å². The number of rotatable bonds is 4.